The monoisotopic (exact) mass is 315 g/mol. The van der Waals surface area contributed by atoms with Crippen molar-refractivity contribution in [3.05, 3.63) is 24.4 Å². The smallest absolute Gasteiger partial charge is 0.539 e. The standard InChI is InChI=1S/C17H31BNO3.Li/c1-14(2)11-20-18(21-12-15(3)4,22-13-16(5)6)17-9-7-8-10-19-17;/h7-10,14-16H,11-13H2,1-6H3;/q-1;+1. The van der Waals surface area contributed by atoms with Crippen molar-refractivity contribution in [3.63, 3.8) is 0 Å². The Bertz CT molecular complexity index is 384. The van der Waals surface area contributed by atoms with Crippen molar-refractivity contribution in [2.75, 3.05) is 19.8 Å². The normalized spacial score (nSPS) is 12.0. The molecule has 0 radical (unpaired) electrons. The Labute approximate surface area is 153 Å². The van der Waals surface area contributed by atoms with E-state index in [1.807, 2.05) is 18.2 Å². The molecule has 1 heterocycles. The van der Waals surface area contributed by atoms with Crippen molar-refractivity contribution in [2.45, 2.75) is 41.5 Å². The van der Waals surface area contributed by atoms with E-state index in [1.54, 1.807) is 6.20 Å². The van der Waals surface area contributed by atoms with Crippen LogP contribution in [0.1, 0.15) is 41.5 Å². The number of hydrogen-bond donors (Lipinski definition) is 0. The molecule has 0 amide bonds. The van der Waals surface area contributed by atoms with Crippen molar-refractivity contribution < 1.29 is 32.8 Å². The zero-order valence-electron chi connectivity index (χ0n) is 15.9. The third kappa shape index (κ3) is 8.38. The summed E-state index contributed by atoms with van der Waals surface area (Å²) >= 11 is 0. The zero-order valence-corrected chi connectivity index (χ0v) is 15.9. The van der Waals surface area contributed by atoms with Crippen LogP contribution in [0.25, 0.3) is 0 Å². The molecule has 4 nitrogen and oxygen atoms in total. The summed E-state index contributed by atoms with van der Waals surface area (Å²) in [4.78, 5) is 4.44. The van der Waals surface area contributed by atoms with Crippen molar-refractivity contribution in [2.24, 2.45) is 17.8 Å². The van der Waals surface area contributed by atoms with Crippen molar-refractivity contribution >= 4 is 12.3 Å². The number of nitrogens with zero attached hydrogens (tertiary/aromatic N) is 1. The van der Waals surface area contributed by atoms with Gasteiger partial charge in [0, 0.05) is 26.0 Å². The van der Waals surface area contributed by atoms with Crippen LogP contribution in [0, 0.1) is 17.8 Å². The Balaban J connectivity index is 0.00000484. The van der Waals surface area contributed by atoms with E-state index in [0.717, 1.165) is 5.59 Å². The molecule has 0 aliphatic rings. The van der Waals surface area contributed by atoms with Gasteiger partial charge in [-0.2, -0.15) is 0 Å². The van der Waals surface area contributed by atoms with Gasteiger partial charge in [-0.1, -0.05) is 53.7 Å². The predicted octanol–water partition coefficient (Wildman–Crippen LogP) is 0.249. The number of pyridine rings is 1. The summed E-state index contributed by atoms with van der Waals surface area (Å²) in [6, 6.07) is 5.74. The molecular formula is C17H31BLiNO3. The van der Waals surface area contributed by atoms with Crippen LogP contribution >= 0.6 is 0 Å². The van der Waals surface area contributed by atoms with E-state index in [0.29, 0.717) is 37.6 Å². The van der Waals surface area contributed by atoms with Gasteiger partial charge in [-0.05, 0) is 29.4 Å². The summed E-state index contributed by atoms with van der Waals surface area (Å²) in [5, 5.41) is 0. The minimum atomic E-state index is -2.01. The zero-order chi connectivity index (χ0) is 16.6. The van der Waals surface area contributed by atoms with Gasteiger partial charge in [0.2, 0.25) is 0 Å². The molecule has 0 aliphatic carbocycles. The summed E-state index contributed by atoms with van der Waals surface area (Å²) in [6.45, 7) is 12.4. The van der Waals surface area contributed by atoms with E-state index in [1.165, 1.54) is 0 Å². The van der Waals surface area contributed by atoms with Crippen molar-refractivity contribution in [1.29, 1.82) is 0 Å². The second-order valence-electron chi connectivity index (χ2n) is 7.08. The van der Waals surface area contributed by atoms with Gasteiger partial charge >= 0.3 is 25.6 Å². The Morgan fingerprint density at radius 1 is 0.826 bits per heavy atom. The third-order valence-electron chi connectivity index (χ3n) is 3.00. The minimum absolute atomic E-state index is 0. The summed E-state index contributed by atoms with van der Waals surface area (Å²) in [6.07, 6.45) is 1.75. The summed E-state index contributed by atoms with van der Waals surface area (Å²) < 4.78 is 18.4. The van der Waals surface area contributed by atoms with Crippen LogP contribution in [0.4, 0.5) is 0 Å². The molecule has 0 N–H and O–H groups in total. The summed E-state index contributed by atoms with van der Waals surface area (Å²) in [7, 11) is 0. The third-order valence-corrected chi connectivity index (χ3v) is 3.00. The molecule has 0 aromatic carbocycles. The van der Waals surface area contributed by atoms with Gasteiger partial charge in [-0.15, -0.1) is 0 Å². The first kappa shape index (κ1) is 22.7. The molecular weight excluding hydrogens is 284 g/mol. The maximum absolute atomic E-state index is 6.13. The molecule has 1 rings (SSSR count). The van der Waals surface area contributed by atoms with E-state index in [9.17, 15) is 0 Å². The van der Waals surface area contributed by atoms with Crippen molar-refractivity contribution in [3.8, 4) is 0 Å². The molecule has 0 atom stereocenters. The Hall–Kier alpha value is -0.308. The van der Waals surface area contributed by atoms with Crippen molar-refractivity contribution in [1.82, 2.24) is 4.98 Å². The molecule has 0 fully saturated rings. The van der Waals surface area contributed by atoms with Gasteiger partial charge in [0.15, 0.2) is 0 Å². The van der Waals surface area contributed by atoms with Gasteiger partial charge < -0.3 is 14.0 Å². The van der Waals surface area contributed by atoms with Gasteiger partial charge in [0.1, 0.15) is 0 Å². The molecule has 0 bridgehead atoms. The maximum atomic E-state index is 6.13. The first-order chi connectivity index (χ1) is 10.4. The van der Waals surface area contributed by atoms with Crippen LogP contribution in [0.15, 0.2) is 24.4 Å². The van der Waals surface area contributed by atoms with E-state index >= 15 is 0 Å². The molecule has 23 heavy (non-hydrogen) atoms. The van der Waals surface area contributed by atoms with Crippen LogP contribution < -0.4 is 24.5 Å². The largest absolute Gasteiger partial charge is 1.00 e. The molecule has 6 heteroatoms. The van der Waals surface area contributed by atoms with Gasteiger partial charge in [0.05, 0.1) is 0 Å². The number of hydrogen-bond acceptors (Lipinski definition) is 4. The van der Waals surface area contributed by atoms with Gasteiger partial charge in [0.25, 0.3) is 0 Å². The number of rotatable bonds is 10. The second kappa shape index (κ2) is 11.3. The van der Waals surface area contributed by atoms with E-state index in [4.69, 9.17) is 14.0 Å². The first-order valence-electron chi connectivity index (χ1n) is 8.32. The fourth-order valence-corrected chi connectivity index (χ4v) is 1.94. The van der Waals surface area contributed by atoms with Crippen LogP contribution in [-0.2, 0) is 14.0 Å². The fourth-order valence-electron chi connectivity index (χ4n) is 1.94. The second-order valence-corrected chi connectivity index (χ2v) is 7.08. The first-order valence-corrected chi connectivity index (χ1v) is 8.32. The molecule has 0 saturated carbocycles. The van der Waals surface area contributed by atoms with Gasteiger partial charge in [-0.25, -0.2) is 0 Å². The SMILES string of the molecule is CC(C)CO[B-](OCC(C)C)(OCC(C)C)c1ccccn1.[Li+]. The molecule has 126 valence electrons. The summed E-state index contributed by atoms with van der Waals surface area (Å²) in [5.74, 6) is 1.20. The van der Waals surface area contributed by atoms with Crippen LogP contribution in [-0.4, -0.2) is 31.6 Å². The Kier molecular flexibility index (Phi) is 11.1. The minimum Gasteiger partial charge on any atom is -0.539 e. The Morgan fingerprint density at radius 2 is 1.26 bits per heavy atom. The molecule has 0 saturated heterocycles. The molecule has 0 spiro atoms. The predicted molar refractivity (Wildman–Crippen MR) is 92.0 cm³/mol. The number of aromatic nitrogens is 1. The average Bonchev–Trinajstić information content (AvgIpc) is 2.47. The molecule has 1 aromatic rings. The van der Waals surface area contributed by atoms with Crippen LogP contribution in [0.5, 0.6) is 0 Å². The fraction of sp³-hybridized carbons (Fsp3) is 0.706. The van der Waals surface area contributed by atoms with Crippen LogP contribution in [0.3, 0.4) is 0 Å². The van der Waals surface area contributed by atoms with Crippen LogP contribution in [0.2, 0.25) is 0 Å². The molecule has 0 aliphatic heterocycles. The average molecular weight is 315 g/mol. The maximum Gasteiger partial charge on any atom is 1.00 e. The Morgan fingerprint density at radius 3 is 1.57 bits per heavy atom. The van der Waals surface area contributed by atoms with Gasteiger partial charge in [-0.3, -0.25) is 4.98 Å². The van der Waals surface area contributed by atoms with E-state index in [2.05, 4.69) is 46.5 Å². The van der Waals surface area contributed by atoms with E-state index in [-0.39, 0.29) is 18.9 Å². The van der Waals surface area contributed by atoms with E-state index < -0.39 is 6.75 Å². The molecule has 1 aromatic heterocycles. The molecule has 0 unspecified atom stereocenters. The summed E-state index contributed by atoms with van der Waals surface area (Å²) in [5.41, 5.74) is 0.726. The topological polar surface area (TPSA) is 40.6 Å². The quantitative estimate of drug-likeness (QED) is 0.581.